The fourth-order valence-corrected chi connectivity index (χ4v) is 4.50. The van der Waals surface area contributed by atoms with Crippen LogP contribution in [0.5, 0.6) is 5.75 Å². The number of carbonyl (C=O) groups is 1. The summed E-state index contributed by atoms with van der Waals surface area (Å²) in [5, 5.41) is 17.5. The van der Waals surface area contributed by atoms with E-state index in [2.05, 4.69) is 20.4 Å². The monoisotopic (exact) mass is 484 g/mol. The number of nitrogens with one attached hydrogen (secondary N) is 1. The molecule has 184 valence electrons. The van der Waals surface area contributed by atoms with Crippen LogP contribution in [0.4, 0.5) is 4.39 Å². The smallest absolute Gasteiger partial charge is 0.296 e. The van der Waals surface area contributed by atoms with Gasteiger partial charge in [0.2, 0.25) is 5.75 Å². The molecule has 0 atom stereocenters. The maximum absolute atomic E-state index is 13.9. The molecule has 0 saturated carbocycles. The number of halogens is 1. The zero-order valence-corrected chi connectivity index (χ0v) is 19.2. The van der Waals surface area contributed by atoms with Gasteiger partial charge in [0, 0.05) is 45.8 Å². The van der Waals surface area contributed by atoms with Crippen LogP contribution in [-0.2, 0) is 28.2 Å². The zero-order valence-electron chi connectivity index (χ0n) is 19.2. The van der Waals surface area contributed by atoms with E-state index in [4.69, 9.17) is 9.47 Å². The van der Waals surface area contributed by atoms with Crippen LogP contribution in [0.2, 0.25) is 0 Å². The number of aromatic hydroxyl groups is 1. The van der Waals surface area contributed by atoms with Crippen molar-refractivity contribution >= 4 is 5.91 Å². The second-order valence-corrected chi connectivity index (χ2v) is 8.59. The van der Waals surface area contributed by atoms with Crippen LogP contribution in [0.1, 0.15) is 47.0 Å². The number of aryl methyl sites for hydroxylation is 1. The summed E-state index contributed by atoms with van der Waals surface area (Å²) in [7, 11) is 0. The minimum Gasteiger partial charge on any atom is -0.501 e. The molecule has 2 aromatic heterocycles. The highest BCUT2D eigenvalue weighted by atomic mass is 19.1. The number of carbonyl (C=O) groups excluding carboxylic acids is 1. The SMILES string of the molecule is Cc1ncn(-c2cc(F)ccc2CNC(=O)c2nc3n(c(=O)c2O)CCCOC32CCOCC2)n1. The summed E-state index contributed by atoms with van der Waals surface area (Å²) < 4.78 is 28.3. The number of amides is 1. The highest BCUT2D eigenvalue weighted by Gasteiger charge is 2.42. The molecule has 1 saturated heterocycles. The van der Waals surface area contributed by atoms with Crippen molar-refractivity contribution in [1.29, 1.82) is 0 Å². The van der Waals surface area contributed by atoms with Crippen LogP contribution in [0, 0.1) is 12.7 Å². The average Bonchev–Trinajstić information content (AvgIpc) is 3.22. The molecule has 11 nitrogen and oxygen atoms in total. The van der Waals surface area contributed by atoms with E-state index >= 15 is 0 Å². The third-order valence-corrected chi connectivity index (χ3v) is 6.31. The van der Waals surface area contributed by atoms with Gasteiger partial charge < -0.3 is 19.9 Å². The van der Waals surface area contributed by atoms with Crippen LogP contribution in [0.3, 0.4) is 0 Å². The molecule has 0 unspecified atom stereocenters. The van der Waals surface area contributed by atoms with E-state index in [0.717, 1.165) is 0 Å². The van der Waals surface area contributed by atoms with Crippen molar-refractivity contribution in [3.8, 4) is 11.4 Å². The van der Waals surface area contributed by atoms with E-state index in [0.29, 0.717) is 68.5 Å². The Balaban J connectivity index is 1.47. The maximum atomic E-state index is 13.9. The first-order valence-corrected chi connectivity index (χ1v) is 11.4. The van der Waals surface area contributed by atoms with Crippen LogP contribution >= 0.6 is 0 Å². The third-order valence-electron chi connectivity index (χ3n) is 6.31. The fraction of sp³-hybridized carbons (Fsp3) is 0.435. The Labute approximate surface area is 199 Å². The van der Waals surface area contributed by atoms with Gasteiger partial charge in [0.15, 0.2) is 5.69 Å². The predicted octanol–water partition coefficient (Wildman–Crippen LogP) is 1.33. The molecule has 5 rings (SSSR count). The standard InChI is InChI=1S/C23H25FN6O5/c1-14-26-13-30(28-14)17-11-16(24)4-3-15(17)12-25-20(32)18-19(31)21(33)29-7-2-8-35-23(22(29)27-18)5-9-34-10-6-23/h3-4,11,13,31H,2,5-10,12H2,1H3,(H,25,32). The van der Waals surface area contributed by atoms with Gasteiger partial charge in [-0.15, -0.1) is 0 Å². The second kappa shape index (κ2) is 9.19. The first-order chi connectivity index (χ1) is 16.9. The fourth-order valence-electron chi connectivity index (χ4n) is 4.50. The normalized spacial score (nSPS) is 17.1. The summed E-state index contributed by atoms with van der Waals surface area (Å²) in [6.45, 7) is 3.32. The topological polar surface area (TPSA) is 133 Å². The van der Waals surface area contributed by atoms with Crippen LogP contribution in [0.15, 0.2) is 29.3 Å². The molecule has 0 aliphatic carbocycles. The predicted molar refractivity (Wildman–Crippen MR) is 120 cm³/mol. The van der Waals surface area contributed by atoms with E-state index in [1.807, 2.05) is 0 Å². The number of hydrogen-bond acceptors (Lipinski definition) is 8. The Bertz CT molecular complexity index is 1330. The Morgan fingerprint density at radius 1 is 1.29 bits per heavy atom. The molecule has 12 heteroatoms. The number of ether oxygens (including phenoxy) is 2. The van der Waals surface area contributed by atoms with Gasteiger partial charge in [-0.1, -0.05) is 6.07 Å². The zero-order chi connectivity index (χ0) is 24.6. The maximum Gasteiger partial charge on any atom is 0.296 e. The lowest BCUT2D eigenvalue weighted by molar-refractivity contribution is -0.118. The molecule has 0 bridgehead atoms. The Morgan fingerprint density at radius 3 is 2.83 bits per heavy atom. The van der Waals surface area contributed by atoms with E-state index in [-0.39, 0.29) is 12.2 Å². The molecule has 1 amide bonds. The highest BCUT2D eigenvalue weighted by Crippen LogP contribution is 2.37. The van der Waals surface area contributed by atoms with Gasteiger partial charge in [-0.05, 0) is 31.0 Å². The second-order valence-electron chi connectivity index (χ2n) is 8.59. The van der Waals surface area contributed by atoms with Crippen LogP contribution in [0.25, 0.3) is 5.69 Å². The number of fused-ring (bicyclic) bond motifs is 2. The summed E-state index contributed by atoms with van der Waals surface area (Å²) in [6, 6.07) is 4.07. The summed E-state index contributed by atoms with van der Waals surface area (Å²) >= 11 is 0. The van der Waals surface area contributed by atoms with Crippen LogP contribution < -0.4 is 10.9 Å². The molecule has 1 aromatic carbocycles. The van der Waals surface area contributed by atoms with Gasteiger partial charge in [0.1, 0.15) is 29.4 Å². The first kappa shape index (κ1) is 23.1. The molecule has 2 N–H and O–H groups in total. The van der Waals surface area contributed by atoms with Gasteiger partial charge >= 0.3 is 0 Å². The number of rotatable bonds is 4. The third kappa shape index (κ3) is 4.30. The minimum absolute atomic E-state index is 0.0254. The Kier molecular flexibility index (Phi) is 6.07. The van der Waals surface area contributed by atoms with Crippen molar-refractivity contribution in [2.24, 2.45) is 0 Å². The summed E-state index contributed by atoms with van der Waals surface area (Å²) in [6.07, 6.45) is 3.00. The van der Waals surface area contributed by atoms with Gasteiger partial charge in [-0.2, -0.15) is 5.10 Å². The van der Waals surface area contributed by atoms with Crippen molar-refractivity contribution < 1.29 is 23.8 Å². The summed E-state index contributed by atoms with van der Waals surface area (Å²) in [5.74, 6) is -1.09. The van der Waals surface area contributed by atoms with Gasteiger partial charge in [-0.25, -0.2) is 19.0 Å². The van der Waals surface area contributed by atoms with E-state index in [1.165, 1.54) is 33.8 Å². The van der Waals surface area contributed by atoms with Gasteiger partial charge in [0.05, 0.1) is 5.69 Å². The van der Waals surface area contributed by atoms with E-state index in [9.17, 15) is 19.1 Å². The largest absolute Gasteiger partial charge is 0.501 e. The van der Waals surface area contributed by atoms with Crippen molar-refractivity contribution in [1.82, 2.24) is 29.6 Å². The molecule has 3 aromatic rings. The molecular formula is C23H25FN6O5. The molecular weight excluding hydrogens is 459 g/mol. The van der Waals surface area contributed by atoms with E-state index in [1.54, 1.807) is 6.92 Å². The quantitative estimate of drug-likeness (QED) is 0.567. The number of nitrogens with zero attached hydrogens (tertiary/aromatic N) is 5. The summed E-state index contributed by atoms with van der Waals surface area (Å²) in [4.78, 5) is 34.6. The first-order valence-electron chi connectivity index (χ1n) is 11.4. The molecule has 0 radical (unpaired) electrons. The lowest BCUT2D eigenvalue weighted by Crippen LogP contribution is -2.42. The van der Waals surface area contributed by atoms with Gasteiger partial charge in [-0.3, -0.25) is 14.2 Å². The molecule has 1 fully saturated rings. The Morgan fingerprint density at radius 2 is 2.09 bits per heavy atom. The molecule has 2 aliphatic heterocycles. The summed E-state index contributed by atoms with van der Waals surface area (Å²) in [5.41, 5.74) is -0.958. The molecule has 35 heavy (non-hydrogen) atoms. The average molecular weight is 484 g/mol. The highest BCUT2D eigenvalue weighted by molar-refractivity contribution is 5.94. The number of hydrogen-bond donors (Lipinski definition) is 2. The number of benzene rings is 1. The van der Waals surface area contributed by atoms with Crippen LogP contribution in [-0.4, -0.2) is 55.1 Å². The van der Waals surface area contributed by atoms with Crippen molar-refractivity contribution in [2.45, 2.75) is 44.9 Å². The minimum atomic E-state index is -0.855. The van der Waals surface area contributed by atoms with Crippen molar-refractivity contribution in [3.63, 3.8) is 0 Å². The van der Waals surface area contributed by atoms with E-state index < -0.39 is 28.6 Å². The molecule has 4 heterocycles. The van der Waals surface area contributed by atoms with Crippen molar-refractivity contribution in [3.05, 3.63) is 63.6 Å². The molecule has 2 aliphatic rings. The van der Waals surface area contributed by atoms with Crippen molar-refractivity contribution in [2.75, 3.05) is 19.8 Å². The lowest BCUT2D eigenvalue weighted by Gasteiger charge is -2.36. The number of aromatic nitrogens is 5. The van der Waals surface area contributed by atoms with Gasteiger partial charge in [0.25, 0.3) is 11.5 Å². The Hall–Kier alpha value is -3.64. The molecule has 1 spiro atoms. The lowest BCUT2D eigenvalue weighted by atomic mass is 9.92.